The summed E-state index contributed by atoms with van der Waals surface area (Å²) in [6, 6.07) is 3.55. The van der Waals surface area contributed by atoms with Gasteiger partial charge in [-0.15, -0.1) is 11.3 Å². The molecule has 5 N–H and O–H groups in total. The quantitative estimate of drug-likeness (QED) is 0.275. The summed E-state index contributed by atoms with van der Waals surface area (Å²) in [5, 5.41) is 24.1. The molecule has 204 valence electrons. The van der Waals surface area contributed by atoms with Crippen molar-refractivity contribution in [1.82, 2.24) is 15.6 Å². The van der Waals surface area contributed by atoms with Crippen LogP contribution in [0, 0.1) is 11.3 Å². The summed E-state index contributed by atoms with van der Waals surface area (Å²) in [5.41, 5.74) is 6.05. The van der Waals surface area contributed by atoms with Gasteiger partial charge in [0.15, 0.2) is 0 Å². The summed E-state index contributed by atoms with van der Waals surface area (Å²) >= 11 is 11.5. The first kappa shape index (κ1) is 31.1. The van der Waals surface area contributed by atoms with E-state index in [4.69, 9.17) is 22.6 Å². The van der Waals surface area contributed by atoms with Gasteiger partial charge < -0.3 is 21.5 Å². The molecule has 0 aliphatic carbocycles. The topological polar surface area (TPSA) is 158 Å². The predicted molar refractivity (Wildman–Crippen MR) is 138 cm³/mol. The number of ketones is 1. The maximum absolute atomic E-state index is 12.9. The van der Waals surface area contributed by atoms with E-state index in [9.17, 15) is 32.7 Å². The molecular weight excluding hydrogens is 567 g/mol. The molecule has 38 heavy (non-hydrogen) atoms. The zero-order valence-electron chi connectivity index (χ0n) is 19.8. The average Bonchev–Trinajstić information content (AvgIpc) is 3.33. The fourth-order valence-electron chi connectivity index (χ4n) is 3.22. The van der Waals surface area contributed by atoms with Gasteiger partial charge in [0, 0.05) is 17.0 Å². The summed E-state index contributed by atoms with van der Waals surface area (Å²) in [6.07, 6.45) is -6.42. The lowest BCUT2D eigenvalue weighted by molar-refractivity contribution is -0.140. The lowest BCUT2D eigenvalue weighted by atomic mass is 10.0. The smallest absolute Gasteiger partial charge is 0.389 e. The Balaban J connectivity index is 2.23. The molecule has 0 saturated carbocycles. The Morgan fingerprint density at radius 3 is 2.47 bits per heavy atom. The first-order valence-electron chi connectivity index (χ1n) is 11.1. The monoisotopic (exact) mass is 589 g/mol. The molecule has 0 radical (unpaired) electrons. The van der Waals surface area contributed by atoms with Crippen LogP contribution in [0.25, 0.3) is 10.6 Å². The van der Waals surface area contributed by atoms with E-state index in [1.54, 1.807) is 6.07 Å². The number of hydrogen-bond acceptors (Lipinski definition) is 8. The van der Waals surface area contributed by atoms with Crippen LogP contribution in [-0.4, -0.2) is 57.0 Å². The highest BCUT2D eigenvalue weighted by Crippen LogP contribution is 2.29. The number of thiazole rings is 1. The molecule has 1 aromatic heterocycles. The standard InChI is InChI=1S/C23H23ClF3N5O4S2/c1-11(33)2-3-16(20(35)31-15(18(34)19(29)37)4-5-23(25,26)27)32-21(36)17-10-30-22(38-17)13-6-12(9-28)7-14(24)8-13/h6-8,10-11,15-16,33H,2-5H2,1H3,(H2,29,37)(H,31,35)(H,32,36)/t11?,15-,16-/m0/s1. The number of thiocarbonyl (C=S) groups is 1. The molecule has 2 rings (SSSR count). The van der Waals surface area contributed by atoms with E-state index >= 15 is 0 Å². The zero-order chi connectivity index (χ0) is 28.6. The number of nitrogens with zero attached hydrogens (tertiary/aromatic N) is 2. The summed E-state index contributed by atoms with van der Waals surface area (Å²) in [6.45, 7) is 1.45. The Labute approximate surface area is 230 Å². The number of carbonyl (C=O) groups is 3. The van der Waals surface area contributed by atoms with Gasteiger partial charge in [0.1, 0.15) is 20.9 Å². The number of benzene rings is 1. The van der Waals surface area contributed by atoms with Crippen molar-refractivity contribution in [2.45, 2.75) is 57.0 Å². The van der Waals surface area contributed by atoms with Crippen molar-refractivity contribution in [2.24, 2.45) is 5.73 Å². The predicted octanol–water partition coefficient (Wildman–Crippen LogP) is 3.28. The first-order valence-corrected chi connectivity index (χ1v) is 12.7. The van der Waals surface area contributed by atoms with Crippen LogP contribution >= 0.6 is 35.2 Å². The number of Topliss-reactive ketones (excluding diaryl/α,β-unsaturated/α-hetero) is 1. The lowest BCUT2D eigenvalue weighted by Crippen LogP contribution is -2.53. The molecule has 1 heterocycles. The number of alkyl halides is 3. The molecule has 0 fully saturated rings. The molecule has 1 aromatic carbocycles. The minimum atomic E-state index is -4.60. The molecule has 1 unspecified atom stereocenters. The number of nitrogens with two attached hydrogens (primary N) is 1. The Morgan fingerprint density at radius 2 is 1.89 bits per heavy atom. The van der Waals surface area contributed by atoms with Gasteiger partial charge in [-0.3, -0.25) is 14.4 Å². The van der Waals surface area contributed by atoms with E-state index in [1.165, 1.54) is 25.3 Å². The molecule has 9 nitrogen and oxygen atoms in total. The van der Waals surface area contributed by atoms with E-state index in [1.807, 2.05) is 6.07 Å². The summed E-state index contributed by atoms with van der Waals surface area (Å²) in [5.74, 6) is -2.73. The van der Waals surface area contributed by atoms with Crippen LogP contribution in [0.3, 0.4) is 0 Å². The van der Waals surface area contributed by atoms with Gasteiger partial charge in [-0.2, -0.15) is 18.4 Å². The van der Waals surface area contributed by atoms with Gasteiger partial charge in [0.25, 0.3) is 5.91 Å². The average molecular weight is 590 g/mol. The third-order valence-electron chi connectivity index (χ3n) is 5.09. The zero-order valence-corrected chi connectivity index (χ0v) is 22.2. The van der Waals surface area contributed by atoms with Gasteiger partial charge in [-0.1, -0.05) is 23.8 Å². The molecule has 3 atom stereocenters. The number of aliphatic hydroxyl groups excluding tert-OH is 1. The highest BCUT2D eigenvalue weighted by molar-refractivity contribution is 7.82. The normalized spacial score (nSPS) is 13.6. The van der Waals surface area contributed by atoms with Crippen molar-refractivity contribution < 1.29 is 32.7 Å². The minimum Gasteiger partial charge on any atom is -0.393 e. The molecule has 0 aliphatic rings. The van der Waals surface area contributed by atoms with Gasteiger partial charge >= 0.3 is 6.18 Å². The summed E-state index contributed by atoms with van der Waals surface area (Å²) in [4.78, 5) is 41.6. The highest BCUT2D eigenvalue weighted by atomic mass is 35.5. The second kappa shape index (κ2) is 13.6. The molecule has 0 spiro atoms. The van der Waals surface area contributed by atoms with Crippen LogP contribution in [0.1, 0.15) is 47.8 Å². The van der Waals surface area contributed by atoms with Crippen molar-refractivity contribution in [3.8, 4) is 16.6 Å². The number of nitriles is 1. The minimum absolute atomic E-state index is 0.0578. The van der Waals surface area contributed by atoms with Crippen molar-refractivity contribution in [3.05, 3.63) is 39.9 Å². The van der Waals surface area contributed by atoms with E-state index in [-0.39, 0.29) is 23.3 Å². The number of halogens is 4. The third-order valence-corrected chi connectivity index (χ3v) is 6.56. The van der Waals surface area contributed by atoms with Crippen molar-refractivity contribution >= 4 is 57.7 Å². The number of amides is 2. The molecule has 2 amide bonds. The van der Waals surface area contributed by atoms with Crippen LogP contribution in [-0.2, 0) is 9.59 Å². The molecule has 15 heteroatoms. The van der Waals surface area contributed by atoms with Gasteiger partial charge in [-0.25, -0.2) is 4.98 Å². The van der Waals surface area contributed by atoms with Gasteiger partial charge in [0.05, 0.1) is 30.0 Å². The summed E-state index contributed by atoms with van der Waals surface area (Å²) in [7, 11) is 0. The maximum Gasteiger partial charge on any atom is 0.389 e. The molecule has 0 saturated heterocycles. The fourth-order valence-corrected chi connectivity index (χ4v) is 4.40. The second-order valence-corrected chi connectivity index (χ2v) is 10.2. The number of hydrogen-bond donors (Lipinski definition) is 4. The van der Waals surface area contributed by atoms with Gasteiger partial charge in [-0.05, 0) is 44.4 Å². The van der Waals surface area contributed by atoms with Crippen LogP contribution in [0.4, 0.5) is 13.2 Å². The van der Waals surface area contributed by atoms with E-state index in [2.05, 4.69) is 27.8 Å². The Hall–Kier alpha value is -3.12. The van der Waals surface area contributed by atoms with E-state index < -0.39 is 59.8 Å². The van der Waals surface area contributed by atoms with E-state index in [0.29, 0.717) is 15.6 Å². The molecule has 2 aromatic rings. The number of aliphatic hydroxyl groups is 1. The molecule has 0 aliphatic heterocycles. The largest absolute Gasteiger partial charge is 0.393 e. The van der Waals surface area contributed by atoms with Crippen molar-refractivity contribution in [1.29, 1.82) is 5.26 Å². The maximum atomic E-state index is 12.9. The summed E-state index contributed by atoms with van der Waals surface area (Å²) < 4.78 is 38.2. The fraction of sp³-hybridized carbons (Fsp3) is 0.391. The number of rotatable bonds is 12. The van der Waals surface area contributed by atoms with E-state index in [0.717, 1.165) is 11.3 Å². The number of nitrogens with one attached hydrogen (secondary N) is 2. The third kappa shape index (κ3) is 9.64. The van der Waals surface area contributed by atoms with Crippen molar-refractivity contribution in [2.75, 3.05) is 0 Å². The number of aromatic nitrogens is 1. The van der Waals surface area contributed by atoms with Crippen LogP contribution < -0.4 is 16.4 Å². The Bertz CT molecular complexity index is 1250. The number of carbonyl (C=O) groups excluding carboxylic acids is 3. The lowest BCUT2D eigenvalue weighted by Gasteiger charge is -2.23. The van der Waals surface area contributed by atoms with Crippen LogP contribution in [0.5, 0.6) is 0 Å². The van der Waals surface area contributed by atoms with Gasteiger partial charge in [0.2, 0.25) is 11.7 Å². The molecular formula is C23H23ClF3N5O4S2. The molecule has 0 bridgehead atoms. The Morgan fingerprint density at radius 1 is 1.21 bits per heavy atom. The Kier molecular flexibility index (Phi) is 11.1. The van der Waals surface area contributed by atoms with Crippen LogP contribution in [0.15, 0.2) is 24.4 Å². The SMILES string of the molecule is CC(O)CC[C@H](NC(=O)c1cnc(-c2cc(Cl)cc(C#N)c2)s1)C(=O)N[C@@H](CCC(F)(F)F)C(=O)C(N)=S. The first-order chi connectivity index (χ1) is 17.7. The second-order valence-electron chi connectivity index (χ2n) is 8.27. The highest BCUT2D eigenvalue weighted by Gasteiger charge is 2.33. The van der Waals surface area contributed by atoms with Crippen LogP contribution in [0.2, 0.25) is 5.02 Å². The van der Waals surface area contributed by atoms with Crippen molar-refractivity contribution in [3.63, 3.8) is 0 Å².